The molecule has 284 valence electrons. The van der Waals surface area contributed by atoms with Gasteiger partial charge in [0.2, 0.25) is 5.91 Å². The van der Waals surface area contributed by atoms with Gasteiger partial charge in [-0.3, -0.25) is 4.79 Å². The van der Waals surface area contributed by atoms with Crippen LogP contribution in [0.5, 0.6) is 0 Å². The molecule has 0 aromatic rings. The van der Waals surface area contributed by atoms with E-state index in [2.05, 4.69) is 93.3 Å². The summed E-state index contributed by atoms with van der Waals surface area (Å²) in [4.78, 5) is 13.8. The summed E-state index contributed by atoms with van der Waals surface area (Å²) in [6.07, 6.45) is 17.4. The van der Waals surface area contributed by atoms with E-state index in [4.69, 9.17) is 43.4 Å². The second kappa shape index (κ2) is 17.0. The van der Waals surface area contributed by atoms with Crippen LogP contribution >= 0.6 is 0 Å². The molecular weight excluding hydrogens is 656 g/mol. The van der Waals surface area contributed by atoms with Crippen molar-refractivity contribution < 1.29 is 42.7 Å². The van der Waals surface area contributed by atoms with Crippen molar-refractivity contribution in [1.29, 1.82) is 0 Å². The van der Waals surface area contributed by atoms with E-state index in [-0.39, 0.29) is 65.2 Å². The molecule has 0 aliphatic carbocycles. The molecule has 0 saturated carbocycles. The molecule has 0 unspecified atom stereocenters. The minimum absolute atomic E-state index is 0.0423. The Kier molecular flexibility index (Phi) is 13.2. The van der Waals surface area contributed by atoms with Gasteiger partial charge in [0.25, 0.3) is 0 Å². The van der Waals surface area contributed by atoms with Gasteiger partial charge in [-0.1, -0.05) is 52.7 Å². The van der Waals surface area contributed by atoms with Crippen LogP contribution in [-0.4, -0.2) is 105 Å². The Morgan fingerprint density at radius 3 is 1.59 bits per heavy atom. The predicted molar refractivity (Wildman–Crippen MR) is 191 cm³/mol. The lowest BCUT2D eigenvalue weighted by molar-refractivity contribution is -0.188. The number of hydrogen-bond acceptors (Lipinski definition) is 10. The normalized spacial score (nSPS) is 37.5. The molecule has 1 amide bonds. The van der Waals surface area contributed by atoms with Gasteiger partial charge in [0, 0.05) is 50.4 Å². The van der Waals surface area contributed by atoms with Crippen molar-refractivity contribution in [3.05, 3.63) is 58.0 Å². The molecule has 6 heterocycles. The highest BCUT2D eigenvalue weighted by Gasteiger charge is 2.54. The summed E-state index contributed by atoms with van der Waals surface area (Å²) in [5, 5.41) is 6.41. The zero-order valence-electron chi connectivity index (χ0n) is 31.4. The van der Waals surface area contributed by atoms with Crippen LogP contribution in [0.4, 0.5) is 0 Å². The molecule has 51 heavy (non-hydrogen) atoms. The number of amides is 1. The van der Waals surface area contributed by atoms with E-state index in [0.29, 0.717) is 39.3 Å². The number of carbonyl (C=O) groups is 1. The maximum absolute atomic E-state index is 11.0. The monoisotopic (exact) mass is 714 g/mol. The Morgan fingerprint density at radius 2 is 1.20 bits per heavy atom. The lowest BCUT2D eigenvalue weighted by atomic mass is 9.85. The van der Waals surface area contributed by atoms with E-state index in [9.17, 15) is 4.79 Å². The number of allylic oxidation sites excluding steroid dienone is 4. The molecule has 2 spiro atoms. The van der Waals surface area contributed by atoms with Crippen LogP contribution in [0.3, 0.4) is 0 Å². The predicted octanol–water partition coefficient (Wildman–Crippen LogP) is 6.14. The van der Waals surface area contributed by atoms with Crippen LogP contribution in [0.15, 0.2) is 52.7 Å². The minimum atomic E-state index is -0.276. The molecular formula is C38H58N4O9. The molecule has 6 aliphatic rings. The van der Waals surface area contributed by atoms with E-state index < -0.39 is 0 Å². The van der Waals surface area contributed by atoms with Crippen molar-refractivity contribution >= 4 is 5.91 Å². The smallest absolute Gasteiger partial charge is 0.217 e. The van der Waals surface area contributed by atoms with Gasteiger partial charge < -0.3 is 43.2 Å². The van der Waals surface area contributed by atoms with Gasteiger partial charge >= 0.3 is 0 Å². The van der Waals surface area contributed by atoms with Crippen molar-refractivity contribution in [2.24, 2.45) is 5.11 Å². The average Bonchev–Trinajstić information content (AvgIpc) is 3.99. The standard InChI is InChI=1S/C20H31NO5.C18H27N3O4/c1-14(6-8-18-23-10-16(11-24-18)21-15(2)22)5-7-17-9-20(13-25-20)12-19(3,4)26-17;1-13(5-7-16-22-9-14(10-23-16)20-21-19)4-6-15-8-18(12-24-18)11-17(2,3)25-15/h5-7,16-18H,8-13H2,1-4H3,(H,21,22);4-6,14-16H,7-12H2,1-3H3/b7-5+,14-6+;6-4+,13-5+/t16?,17-,18?,20-;14?,15-,16?,18-/m11/s1. The quantitative estimate of drug-likeness (QED) is 0.0923. The molecule has 1 N–H and O–H groups in total. The number of epoxide rings is 2. The lowest BCUT2D eigenvalue weighted by Gasteiger charge is -2.38. The van der Waals surface area contributed by atoms with Crippen molar-refractivity contribution in [2.75, 3.05) is 39.6 Å². The number of nitrogens with zero attached hydrogens (tertiary/aromatic N) is 3. The van der Waals surface area contributed by atoms with Gasteiger partial charge in [-0.15, -0.1) is 0 Å². The SMILES string of the molecule is CC(/C=C/[C@@H]1C[C@]2(CO2)CC(C)(C)O1)=C\CC1OCC(N=[N+]=[N-])CO1.CC(=O)NC1COC(C/C=C(C)/C=C/[C@@H]2C[C@]3(CO3)CC(C)(C)O2)OC1. The minimum Gasteiger partial charge on any atom is -0.369 e. The number of ether oxygens (including phenoxy) is 8. The summed E-state index contributed by atoms with van der Waals surface area (Å²) in [5.74, 6) is -0.0620. The highest BCUT2D eigenvalue weighted by atomic mass is 16.7. The fraction of sp³-hybridized carbons (Fsp3) is 0.763. The first-order chi connectivity index (χ1) is 24.1. The molecule has 13 heteroatoms. The summed E-state index contributed by atoms with van der Waals surface area (Å²) < 4.78 is 46.1. The van der Waals surface area contributed by atoms with E-state index in [1.54, 1.807) is 0 Å². The van der Waals surface area contributed by atoms with Gasteiger partial charge in [0.05, 0.1) is 86.3 Å². The second-order valence-corrected chi connectivity index (χ2v) is 16.1. The van der Waals surface area contributed by atoms with Crippen molar-refractivity contribution in [3.8, 4) is 0 Å². The molecule has 6 fully saturated rings. The zero-order chi connectivity index (χ0) is 36.7. The summed E-state index contributed by atoms with van der Waals surface area (Å²) in [6.45, 7) is 17.6. The molecule has 6 rings (SSSR count). The van der Waals surface area contributed by atoms with Crippen LogP contribution in [-0.2, 0) is 42.7 Å². The van der Waals surface area contributed by atoms with Crippen LogP contribution in [0, 0.1) is 0 Å². The first kappa shape index (κ1) is 39.6. The number of azide groups is 1. The topological polar surface area (TPSA) is 158 Å². The number of hydrogen-bond donors (Lipinski definition) is 1. The molecule has 6 saturated heterocycles. The summed E-state index contributed by atoms with van der Waals surface area (Å²) in [5.41, 5.74) is 10.5. The van der Waals surface area contributed by atoms with Crippen LogP contribution in [0.1, 0.15) is 87.0 Å². The summed E-state index contributed by atoms with van der Waals surface area (Å²) >= 11 is 0. The summed E-state index contributed by atoms with van der Waals surface area (Å²) in [6, 6.07) is -0.285. The highest BCUT2D eigenvalue weighted by Crippen LogP contribution is 2.47. The van der Waals surface area contributed by atoms with Gasteiger partial charge in [-0.05, 0) is 47.1 Å². The van der Waals surface area contributed by atoms with E-state index in [1.165, 1.54) is 6.92 Å². The third-order valence-electron chi connectivity index (χ3n) is 9.64. The number of rotatable bonds is 10. The van der Waals surface area contributed by atoms with Crippen LogP contribution in [0.25, 0.3) is 10.4 Å². The number of carbonyl (C=O) groups excluding carboxylic acids is 1. The van der Waals surface area contributed by atoms with Crippen LogP contribution in [0.2, 0.25) is 0 Å². The Hall–Kier alpha value is -2.58. The third-order valence-corrected chi connectivity index (χ3v) is 9.64. The molecule has 0 aromatic carbocycles. The molecule has 13 nitrogen and oxygen atoms in total. The zero-order valence-corrected chi connectivity index (χ0v) is 31.4. The second-order valence-electron chi connectivity index (χ2n) is 16.1. The molecule has 6 aliphatic heterocycles. The molecule has 4 atom stereocenters. The fourth-order valence-corrected chi connectivity index (χ4v) is 7.35. The maximum Gasteiger partial charge on any atom is 0.217 e. The van der Waals surface area contributed by atoms with Gasteiger partial charge in [-0.2, -0.15) is 0 Å². The van der Waals surface area contributed by atoms with Gasteiger partial charge in [-0.25, -0.2) is 0 Å². The van der Waals surface area contributed by atoms with Crippen LogP contribution < -0.4 is 5.32 Å². The Bertz CT molecular complexity index is 1350. The fourth-order valence-electron chi connectivity index (χ4n) is 7.35. The molecule has 0 radical (unpaired) electrons. The Balaban J connectivity index is 0.000000198. The Labute approximate surface area is 302 Å². The maximum atomic E-state index is 11.0. The number of nitrogens with one attached hydrogen (secondary N) is 1. The first-order valence-corrected chi connectivity index (χ1v) is 18.3. The lowest BCUT2D eigenvalue weighted by Crippen LogP contribution is -2.46. The molecule has 0 bridgehead atoms. The van der Waals surface area contributed by atoms with Gasteiger partial charge in [0.1, 0.15) is 0 Å². The Morgan fingerprint density at radius 1 is 0.765 bits per heavy atom. The first-order valence-electron chi connectivity index (χ1n) is 18.3. The van der Waals surface area contributed by atoms with Crippen molar-refractivity contribution in [2.45, 2.75) is 146 Å². The third kappa shape index (κ3) is 13.1. The van der Waals surface area contributed by atoms with E-state index >= 15 is 0 Å². The average molecular weight is 715 g/mol. The van der Waals surface area contributed by atoms with E-state index in [0.717, 1.165) is 50.0 Å². The highest BCUT2D eigenvalue weighted by molar-refractivity contribution is 5.73. The van der Waals surface area contributed by atoms with Gasteiger partial charge in [0.15, 0.2) is 12.6 Å². The summed E-state index contributed by atoms with van der Waals surface area (Å²) in [7, 11) is 0. The van der Waals surface area contributed by atoms with E-state index in [1.807, 2.05) is 0 Å². The largest absolute Gasteiger partial charge is 0.369 e. The van der Waals surface area contributed by atoms with Crippen molar-refractivity contribution in [1.82, 2.24) is 5.32 Å². The molecule has 0 aromatic heterocycles. The van der Waals surface area contributed by atoms with Crippen molar-refractivity contribution in [3.63, 3.8) is 0 Å².